The molecule has 0 saturated heterocycles. The van der Waals surface area contributed by atoms with E-state index in [1.165, 1.54) is 5.56 Å². The number of rotatable bonds is 8. The first-order valence-electron chi connectivity index (χ1n) is 6.26. The largest absolute Gasteiger partial charge is 0.409 e. The molecule has 5 heteroatoms. The van der Waals surface area contributed by atoms with Gasteiger partial charge in [0.15, 0.2) is 0 Å². The van der Waals surface area contributed by atoms with Gasteiger partial charge in [-0.3, -0.25) is 0 Å². The van der Waals surface area contributed by atoms with Gasteiger partial charge in [0.25, 0.3) is 0 Å². The van der Waals surface area contributed by atoms with Crippen molar-refractivity contribution in [2.75, 3.05) is 13.1 Å². The number of hydrogen-bond donors (Lipinski definition) is 3. The molecule has 0 amide bonds. The van der Waals surface area contributed by atoms with Gasteiger partial charge in [0, 0.05) is 5.41 Å². The zero-order valence-electron chi connectivity index (χ0n) is 11.1. The topological polar surface area (TPSA) is 70.6 Å². The predicted octanol–water partition coefficient (Wildman–Crippen LogP) is 2.43. The number of thiophene rings is 1. The van der Waals surface area contributed by atoms with Gasteiger partial charge in [-0.15, -0.1) is 0 Å². The average Bonchev–Trinajstić information content (AvgIpc) is 2.85. The first-order chi connectivity index (χ1) is 8.56. The molecule has 0 fully saturated rings. The first-order valence-corrected chi connectivity index (χ1v) is 7.20. The molecule has 0 atom stereocenters. The van der Waals surface area contributed by atoms with Crippen LogP contribution in [0.4, 0.5) is 0 Å². The Hall–Kier alpha value is -1.07. The molecule has 4 N–H and O–H groups in total. The van der Waals surface area contributed by atoms with Gasteiger partial charge < -0.3 is 16.3 Å². The lowest BCUT2D eigenvalue weighted by Crippen LogP contribution is -2.32. The third-order valence-corrected chi connectivity index (χ3v) is 3.86. The van der Waals surface area contributed by atoms with Crippen LogP contribution in [-0.2, 0) is 6.42 Å². The third kappa shape index (κ3) is 5.06. The molecule has 1 aromatic rings. The number of nitrogens with one attached hydrogen (secondary N) is 1. The molecular formula is C13H23N3OS. The van der Waals surface area contributed by atoms with Crippen LogP contribution in [0.3, 0.4) is 0 Å². The van der Waals surface area contributed by atoms with E-state index in [2.05, 4.69) is 27.3 Å². The van der Waals surface area contributed by atoms with Crippen LogP contribution in [-0.4, -0.2) is 24.1 Å². The summed E-state index contributed by atoms with van der Waals surface area (Å²) in [6.07, 6.45) is 3.01. The summed E-state index contributed by atoms with van der Waals surface area (Å²) in [5, 5.41) is 19.5. The maximum absolute atomic E-state index is 8.67. The van der Waals surface area contributed by atoms with Gasteiger partial charge in [-0.2, -0.15) is 11.3 Å². The van der Waals surface area contributed by atoms with Crippen molar-refractivity contribution in [1.29, 1.82) is 0 Å². The summed E-state index contributed by atoms with van der Waals surface area (Å²) in [6.45, 7) is 5.95. The second kappa shape index (κ2) is 7.38. The van der Waals surface area contributed by atoms with Crippen molar-refractivity contribution in [2.24, 2.45) is 16.3 Å². The summed E-state index contributed by atoms with van der Waals surface area (Å²) >= 11 is 1.74. The zero-order valence-corrected chi connectivity index (χ0v) is 12.0. The fourth-order valence-electron chi connectivity index (χ4n) is 1.71. The van der Waals surface area contributed by atoms with Gasteiger partial charge in [0.05, 0.1) is 0 Å². The van der Waals surface area contributed by atoms with Crippen LogP contribution in [0.25, 0.3) is 0 Å². The van der Waals surface area contributed by atoms with Crippen molar-refractivity contribution >= 4 is 17.2 Å². The average molecular weight is 269 g/mol. The molecule has 0 aliphatic rings. The monoisotopic (exact) mass is 269 g/mol. The van der Waals surface area contributed by atoms with E-state index in [4.69, 9.17) is 10.9 Å². The Morgan fingerprint density at radius 1 is 1.50 bits per heavy atom. The van der Waals surface area contributed by atoms with Crippen LogP contribution >= 0.6 is 11.3 Å². The molecule has 1 aromatic heterocycles. The Balaban J connectivity index is 2.08. The fraction of sp³-hybridized carbons (Fsp3) is 0.615. The maximum atomic E-state index is 8.67. The standard InChI is InChI=1S/C13H23N3OS/c1-13(2,12(14)16-17)6-3-7-15-8-4-11-5-9-18-10-11/h5,9-10,15,17H,3-4,6-8H2,1-2H3,(H2,14,16). The van der Waals surface area contributed by atoms with E-state index in [0.29, 0.717) is 5.84 Å². The number of amidine groups is 1. The lowest BCUT2D eigenvalue weighted by molar-refractivity contribution is 0.304. The van der Waals surface area contributed by atoms with Crippen LogP contribution in [0.1, 0.15) is 32.3 Å². The molecule has 4 nitrogen and oxygen atoms in total. The Morgan fingerprint density at radius 2 is 2.28 bits per heavy atom. The number of nitrogens with two attached hydrogens (primary N) is 1. The normalized spacial score (nSPS) is 12.9. The van der Waals surface area contributed by atoms with E-state index in [1.54, 1.807) is 11.3 Å². The summed E-state index contributed by atoms with van der Waals surface area (Å²) in [4.78, 5) is 0. The van der Waals surface area contributed by atoms with E-state index < -0.39 is 0 Å². The van der Waals surface area contributed by atoms with Crippen molar-refractivity contribution < 1.29 is 5.21 Å². The highest BCUT2D eigenvalue weighted by Crippen LogP contribution is 2.21. The molecule has 18 heavy (non-hydrogen) atoms. The first kappa shape index (κ1) is 15.0. The third-order valence-electron chi connectivity index (χ3n) is 3.13. The highest BCUT2D eigenvalue weighted by atomic mass is 32.1. The van der Waals surface area contributed by atoms with Gasteiger partial charge in [-0.1, -0.05) is 19.0 Å². The molecule has 0 spiro atoms. The maximum Gasteiger partial charge on any atom is 0.144 e. The highest BCUT2D eigenvalue weighted by Gasteiger charge is 2.22. The molecule has 1 heterocycles. The minimum Gasteiger partial charge on any atom is -0.409 e. The molecule has 102 valence electrons. The molecule has 0 saturated carbocycles. The summed E-state index contributed by atoms with van der Waals surface area (Å²) in [5.41, 5.74) is 6.80. The number of nitrogens with zero attached hydrogens (tertiary/aromatic N) is 1. The quantitative estimate of drug-likeness (QED) is 0.223. The molecule has 0 unspecified atom stereocenters. The Kier molecular flexibility index (Phi) is 6.15. The highest BCUT2D eigenvalue weighted by molar-refractivity contribution is 7.07. The van der Waals surface area contributed by atoms with Crippen LogP contribution in [0.5, 0.6) is 0 Å². The van der Waals surface area contributed by atoms with Crippen LogP contribution in [0.2, 0.25) is 0 Å². The van der Waals surface area contributed by atoms with Crippen molar-refractivity contribution in [3.63, 3.8) is 0 Å². The Bertz CT molecular complexity index is 360. The lowest BCUT2D eigenvalue weighted by Gasteiger charge is -2.22. The Labute approximate surface area is 113 Å². The van der Waals surface area contributed by atoms with E-state index in [1.807, 2.05) is 13.8 Å². The summed E-state index contributed by atoms with van der Waals surface area (Å²) in [6, 6.07) is 2.16. The summed E-state index contributed by atoms with van der Waals surface area (Å²) in [7, 11) is 0. The smallest absolute Gasteiger partial charge is 0.144 e. The minimum absolute atomic E-state index is 0.232. The Morgan fingerprint density at radius 3 is 2.89 bits per heavy atom. The summed E-state index contributed by atoms with van der Waals surface area (Å²) in [5.74, 6) is 0.306. The van der Waals surface area contributed by atoms with Crippen molar-refractivity contribution in [3.8, 4) is 0 Å². The van der Waals surface area contributed by atoms with Crippen LogP contribution in [0.15, 0.2) is 22.0 Å². The lowest BCUT2D eigenvalue weighted by atomic mass is 9.86. The fourth-order valence-corrected chi connectivity index (χ4v) is 2.41. The van der Waals surface area contributed by atoms with Crippen LogP contribution in [0, 0.1) is 5.41 Å². The molecule has 0 aliphatic heterocycles. The number of oxime groups is 1. The molecular weight excluding hydrogens is 246 g/mol. The van der Waals surface area contributed by atoms with Gasteiger partial charge in [-0.05, 0) is 54.7 Å². The zero-order chi connectivity index (χ0) is 13.4. The second-order valence-corrected chi connectivity index (χ2v) is 5.88. The molecule has 0 aliphatic carbocycles. The molecule has 0 aromatic carbocycles. The second-order valence-electron chi connectivity index (χ2n) is 5.10. The summed E-state index contributed by atoms with van der Waals surface area (Å²) < 4.78 is 0. The van der Waals surface area contributed by atoms with Crippen molar-refractivity contribution in [3.05, 3.63) is 22.4 Å². The minimum atomic E-state index is -0.232. The molecule has 1 rings (SSSR count). The van der Waals surface area contributed by atoms with E-state index in [9.17, 15) is 0 Å². The SMILES string of the molecule is CC(C)(CCCNCCc1ccsc1)C(N)=NO. The van der Waals surface area contributed by atoms with Gasteiger partial charge >= 0.3 is 0 Å². The predicted molar refractivity (Wildman–Crippen MR) is 77.3 cm³/mol. The van der Waals surface area contributed by atoms with Crippen molar-refractivity contribution in [2.45, 2.75) is 33.1 Å². The molecule has 0 bridgehead atoms. The van der Waals surface area contributed by atoms with Gasteiger partial charge in [0.1, 0.15) is 5.84 Å². The van der Waals surface area contributed by atoms with Crippen molar-refractivity contribution in [1.82, 2.24) is 5.32 Å². The molecule has 0 radical (unpaired) electrons. The van der Waals surface area contributed by atoms with E-state index in [-0.39, 0.29) is 5.41 Å². The van der Waals surface area contributed by atoms with Gasteiger partial charge in [-0.25, -0.2) is 0 Å². The number of hydrogen-bond acceptors (Lipinski definition) is 4. The van der Waals surface area contributed by atoms with E-state index in [0.717, 1.165) is 32.4 Å². The van der Waals surface area contributed by atoms with Crippen LogP contribution < -0.4 is 11.1 Å². The van der Waals surface area contributed by atoms with Gasteiger partial charge in [0.2, 0.25) is 0 Å². The van der Waals surface area contributed by atoms with E-state index >= 15 is 0 Å².